The summed E-state index contributed by atoms with van der Waals surface area (Å²) in [5.74, 6) is -0.970. The van der Waals surface area contributed by atoms with Gasteiger partial charge >= 0.3 is 5.97 Å². The minimum Gasteiger partial charge on any atom is -0.481 e. The van der Waals surface area contributed by atoms with Gasteiger partial charge in [0.2, 0.25) is 0 Å². The number of carboxylic acids is 1. The first-order valence-corrected chi connectivity index (χ1v) is 6.95. The second-order valence-corrected chi connectivity index (χ2v) is 5.83. The Labute approximate surface area is 121 Å². The van der Waals surface area contributed by atoms with Gasteiger partial charge in [-0.25, -0.2) is 4.98 Å². The molecule has 1 aromatic heterocycles. The molecule has 0 aliphatic carbocycles. The fourth-order valence-electron chi connectivity index (χ4n) is 2.84. The molecular formula is C15H17N3O3. The van der Waals surface area contributed by atoms with Crippen molar-refractivity contribution in [1.82, 2.24) is 14.9 Å². The van der Waals surface area contributed by atoms with E-state index in [1.165, 1.54) is 0 Å². The van der Waals surface area contributed by atoms with E-state index >= 15 is 0 Å². The number of H-pyrrole nitrogens is 1. The smallest absolute Gasteiger partial charge is 0.311 e. The maximum atomic E-state index is 12.6. The van der Waals surface area contributed by atoms with Crippen LogP contribution in [0.4, 0.5) is 0 Å². The Morgan fingerprint density at radius 3 is 3.00 bits per heavy atom. The van der Waals surface area contributed by atoms with Crippen LogP contribution in [-0.2, 0) is 4.79 Å². The topological polar surface area (TPSA) is 86.3 Å². The van der Waals surface area contributed by atoms with Crippen LogP contribution >= 0.6 is 0 Å². The number of piperidine rings is 1. The van der Waals surface area contributed by atoms with E-state index in [0.29, 0.717) is 24.9 Å². The van der Waals surface area contributed by atoms with Crippen LogP contribution in [0.15, 0.2) is 24.5 Å². The van der Waals surface area contributed by atoms with Crippen LogP contribution in [0.2, 0.25) is 0 Å². The van der Waals surface area contributed by atoms with Gasteiger partial charge in [0.25, 0.3) is 5.91 Å². The van der Waals surface area contributed by atoms with Crippen molar-refractivity contribution in [2.24, 2.45) is 5.41 Å². The summed E-state index contributed by atoms with van der Waals surface area (Å²) in [6.45, 7) is 2.55. The largest absolute Gasteiger partial charge is 0.481 e. The molecule has 1 fully saturated rings. The van der Waals surface area contributed by atoms with E-state index in [9.17, 15) is 14.7 Å². The van der Waals surface area contributed by atoms with Gasteiger partial charge < -0.3 is 15.0 Å². The number of fused-ring (bicyclic) bond motifs is 1. The molecule has 1 aromatic carbocycles. The Kier molecular flexibility index (Phi) is 3.16. The number of nitrogens with one attached hydrogen (secondary N) is 1. The van der Waals surface area contributed by atoms with Crippen molar-refractivity contribution in [3.8, 4) is 0 Å². The number of aromatic amines is 1. The van der Waals surface area contributed by atoms with Crippen molar-refractivity contribution in [3.63, 3.8) is 0 Å². The number of rotatable bonds is 2. The van der Waals surface area contributed by atoms with Crippen LogP contribution in [0.25, 0.3) is 11.0 Å². The molecule has 0 bridgehead atoms. The zero-order valence-electron chi connectivity index (χ0n) is 11.8. The molecule has 0 spiro atoms. The highest BCUT2D eigenvalue weighted by molar-refractivity contribution is 5.97. The highest BCUT2D eigenvalue weighted by Gasteiger charge is 2.39. The first kappa shape index (κ1) is 13.6. The van der Waals surface area contributed by atoms with Crippen molar-refractivity contribution in [3.05, 3.63) is 30.1 Å². The Morgan fingerprint density at radius 1 is 1.43 bits per heavy atom. The number of hydrogen-bond acceptors (Lipinski definition) is 3. The second-order valence-electron chi connectivity index (χ2n) is 5.83. The second kappa shape index (κ2) is 4.87. The lowest BCUT2D eigenvalue weighted by Crippen LogP contribution is -2.48. The first-order valence-electron chi connectivity index (χ1n) is 6.95. The molecule has 2 N–H and O–H groups in total. The van der Waals surface area contributed by atoms with Gasteiger partial charge in [-0.15, -0.1) is 0 Å². The molecule has 0 radical (unpaired) electrons. The standard InChI is InChI=1S/C15H17N3O3/c1-15(14(20)21)5-2-6-18(8-15)13(19)10-3-4-11-12(7-10)17-9-16-11/h3-4,7,9H,2,5-6,8H2,1H3,(H,16,17)(H,20,21). The number of carbonyl (C=O) groups excluding carboxylic acids is 1. The van der Waals surface area contributed by atoms with Crippen LogP contribution < -0.4 is 0 Å². The summed E-state index contributed by atoms with van der Waals surface area (Å²) in [6, 6.07) is 5.29. The average Bonchev–Trinajstić information content (AvgIpc) is 2.93. The van der Waals surface area contributed by atoms with Crippen molar-refractivity contribution in [2.75, 3.05) is 13.1 Å². The van der Waals surface area contributed by atoms with E-state index in [-0.39, 0.29) is 12.5 Å². The highest BCUT2D eigenvalue weighted by atomic mass is 16.4. The lowest BCUT2D eigenvalue weighted by molar-refractivity contribution is -0.150. The molecule has 2 aromatic rings. The predicted molar refractivity (Wildman–Crippen MR) is 77.0 cm³/mol. The molecule has 1 aliphatic rings. The predicted octanol–water partition coefficient (Wildman–Crippen LogP) is 1.89. The number of aromatic nitrogens is 2. The van der Waals surface area contributed by atoms with Gasteiger partial charge in [-0.1, -0.05) is 0 Å². The molecule has 6 heteroatoms. The Hall–Kier alpha value is -2.37. The number of likely N-dealkylation sites (tertiary alicyclic amines) is 1. The maximum Gasteiger partial charge on any atom is 0.311 e. The van der Waals surface area contributed by atoms with E-state index in [1.54, 1.807) is 36.4 Å². The van der Waals surface area contributed by atoms with Gasteiger partial charge in [0.1, 0.15) is 0 Å². The van der Waals surface area contributed by atoms with Crippen LogP contribution in [-0.4, -0.2) is 44.9 Å². The van der Waals surface area contributed by atoms with Crippen molar-refractivity contribution in [1.29, 1.82) is 0 Å². The zero-order chi connectivity index (χ0) is 15.0. The maximum absolute atomic E-state index is 12.6. The minimum atomic E-state index is -0.855. The molecule has 1 atom stereocenters. The van der Waals surface area contributed by atoms with Gasteiger partial charge in [0, 0.05) is 18.7 Å². The Bertz CT molecular complexity index is 709. The van der Waals surface area contributed by atoms with Gasteiger partial charge in [0.15, 0.2) is 0 Å². The number of hydrogen-bond donors (Lipinski definition) is 2. The third-order valence-electron chi connectivity index (χ3n) is 4.17. The number of aliphatic carboxylic acids is 1. The summed E-state index contributed by atoms with van der Waals surface area (Å²) in [4.78, 5) is 32.7. The molecular weight excluding hydrogens is 270 g/mol. The Morgan fingerprint density at radius 2 is 2.24 bits per heavy atom. The van der Waals surface area contributed by atoms with E-state index in [2.05, 4.69) is 9.97 Å². The average molecular weight is 287 g/mol. The summed E-state index contributed by atoms with van der Waals surface area (Å²) < 4.78 is 0. The molecule has 110 valence electrons. The quantitative estimate of drug-likeness (QED) is 0.883. The molecule has 1 saturated heterocycles. The van der Waals surface area contributed by atoms with Crippen molar-refractivity contribution in [2.45, 2.75) is 19.8 Å². The summed E-state index contributed by atoms with van der Waals surface area (Å²) in [5, 5.41) is 9.33. The summed E-state index contributed by atoms with van der Waals surface area (Å²) >= 11 is 0. The van der Waals surface area contributed by atoms with Gasteiger partial charge in [-0.2, -0.15) is 0 Å². The number of amides is 1. The third kappa shape index (κ3) is 2.37. The first-order chi connectivity index (χ1) is 9.99. The molecule has 21 heavy (non-hydrogen) atoms. The van der Waals surface area contributed by atoms with E-state index in [4.69, 9.17) is 0 Å². The van der Waals surface area contributed by atoms with Crippen LogP contribution in [0.5, 0.6) is 0 Å². The fourth-order valence-corrected chi connectivity index (χ4v) is 2.84. The molecule has 3 rings (SSSR count). The molecule has 6 nitrogen and oxygen atoms in total. The number of benzene rings is 1. The summed E-state index contributed by atoms with van der Waals surface area (Å²) in [6.07, 6.45) is 2.90. The fraction of sp³-hybridized carbons (Fsp3) is 0.400. The molecule has 1 unspecified atom stereocenters. The minimum absolute atomic E-state index is 0.126. The van der Waals surface area contributed by atoms with Gasteiger partial charge in [0.05, 0.1) is 22.8 Å². The van der Waals surface area contributed by atoms with Crippen molar-refractivity contribution < 1.29 is 14.7 Å². The SMILES string of the molecule is CC1(C(=O)O)CCCN(C(=O)c2ccc3nc[nH]c3c2)C1. The lowest BCUT2D eigenvalue weighted by atomic mass is 9.82. The Balaban J connectivity index is 1.85. The molecule has 0 saturated carbocycles. The number of carboxylic acid groups (broad SMARTS) is 1. The van der Waals surface area contributed by atoms with Crippen molar-refractivity contribution >= 4 is 22.9 Å². The van der Waals surface area contributed by atoms with Gasteiger partial charge in [-0.3, -0.25) is 9.59 Å². The molecule has 2 heterocycles. The van der Waals surface area contributed by atoms with E-state index in [1.807, 2.05) is 0 Å². The number of nitrogens with zero attached hydrogens (tertiary/aromatic N) is 2. The zero-order valence-corrected chi connectivity index (χ0v) is 11.8. The lowest BCUT2D eigenvalue weighted by Gasteiger charge is -2.37. The summed E-state index contributed by atoms with van der Waals surface area (Å²) in [5.41, 5.74) is 1.31. The monoisotopic (exact) mass is 287 g/mol. The van der Waals surface area contributed by atoms with Gasteiger partial charge in [-0.05, 0) is 38.0 Å². The molecule has 1 amide bonds. The van der Waals surface area contributed by atoms with E-state index in [0.717, 1.165) is 11.0 Å². The van der Waals surface area contributed by atoms with Crippen LogP contribution in [0.3, 0.4) is 0 Å². The third-order valence-corrected chi connectivity index (χ3v) is 4.17. The van der Waals surface area contributed by atoms with Crippen LogP contribution in [0, 0.1) is 5.41 Å². The molecule has 1 aliphatic heterocycles. The highest BCUT2D eigenvalue weighted by Crippen LogP contribution is 2.30. The van der Waals surface area contributed by atoms with E-state index < -0.39 is 11.4 Å². The van der Waals surface area contributed by atoms with Crippen LogP contribution in [0.1, 0.15) is 30.1 Å². The number of carbonyl (C=O) groups is 2. The number of imidazole rings is 1. The normalized spacial score (nSPS) is 22.4. The summed E-state index contributed by atoms with van der Waals surface area (Å²) in [7, 11) is 0.